The molecule has 1 aromatic carbocycles. The lowest BCUT2D eigenvalue weighted by molar-refractivity contribution is -0.135. The average molecular weight is 409 g/mol. The van der Waals surface area contributed by atoms with Gasteiger partial charge in [0.1, 0.15) is 5.82 Å². The molecule has 1 fully saturated rings. The monoisotopic (exact) mass is 409 g/mol. The molecule has 1 atom stereocenters. The van der Waals surface area contributed by atoms with Gasteiger partial charge in [-0.15, -0.1) is 0 Å². The molecule has 1 N–H and O–H groups in total. The Morgan fingerprint density at radius 1 is 1.21 bits per heavy atom. The van der Waals surface area contributed by atoms with Gasteiger partial charge in [-0.05, 0) is 49.8 Å². The minimum absolute atomic E-state index is 0.0852. The summed E-state index contributed by atoms with van der Waals surface area (Å²) in [5, 5.41) is 2.87. The summed E-state index contributed by atoms with van der Waals surface area (Å²) in [5.41, 5.74) is 2.77. The number of benzene rings is 1. The molecular formula is C22H30F3N3O. The Morgan fingerprint density at radius 2 is 1.97 bits per heavy atom. The maximum absolute atomic E-state index is 12.5. The van der Waals surface area contributed by atoms with Crippen LogP contribution in [0.2, 0.25) is 0 Å². The first-order chi connectivity index (χ1) is 13.5. The van der Waals surface area contributed by atoms with E-state index in [0.29, 0.717) is 13.0 Å². The van der Waals surface area contributed by atoms with Gasteiger partial charge in [-0.25, -0.2) is 4.98 Å². The number of aryl methyl sites for hydroxylation is 2. The molecular weight excluding hydrogens is 379 g/mol. The first-order valence-electron chi connectivity index (χ1n) is 10.4. The average Bonchev–Trinajstić information content (AvgIpc) is 3.19. The zero-order valence-electron chi connectivity index (χ0n) is 17.4. The van der Waals surface area contributed by atoms with E-state index in [4.69, 9.17) is 4.98 Å². The van der Waals surface area contributed by atoms with Crippen molar-refractivity contribution in [3.05, 3.63) is 29.6 Å². The van der Waals surface area contributed by atoms with E-state index in [1.54, 1.807) is 0 Å². The molecule has 1 aliphatic heterocycles. The molecule has 2 heterocycles. The number of halogens is 3. The zero-order valence-corrected chi connectivity index (χ0v) is 17.4. The first-order valence-corrected chi connectivity index (χ1v) is 10.4. The summed E-state index contributed by atoms with van der Waals surface area (Å²) in [7, 11) is 0. The molecule has 1 aliphatic rings. The molecule has 0 bridgehead atoms. The highest BCUT2D eigenvalue weighted by molar-refractivity contribution is 5.80. The predicted molar refractivity (Wildman–Crippen MR) is 108 cm³/mol. The highest BCUT2D eigenvalue weighted by atomic mass is 19.4. The molecule has 4 nitrogen and oxygen atoms in total. The molecule has 1 saturated heterocycles. The fourth-order valence-corrected chi connectivity index (χ4v) is 3.99. The second-order valence-corrected chi connectivity index (χ2v) is 9.05. The number of alkyl halides is 3. The van der Waals surface area contributed by atoms with Crippen molar-refractivity contribution in [2.45, 2.75) is 77.4 Å². The van der Waals surface area contributed by atoms with Gasteiger partial charge in [0.2, 0.25) is 5.91 Å². The number of hydrogen-bond acceptors (Lipinski definition) is 2. The van der Waals surface area contributed by atoms with Crippen LogP contribution >= 0.6 is 0 Å². The smallest absolute Gasteiger partial charge is 0.356 e. The van der Waals surface area contributed by atoms with Crippen LogP contribution in [0.5, 0.6) is 0 Å². The van der Waals surface area contributed by atoms with Crippen LogP contribution in [0.25, 0.3) is 11.0 Å². The van der Waals surface area contributed by atoms with Crippen LogP contribution in [-0.4, -0.2) is 28.2 Å². The summed E-state index contributed by atoms with van der Waals surface area (Å²) in [6.45, 7) is 7.50. The minimum atomic E-state index is -4.10. The van der Waals surface area contributed by atoms with Crippen molar-refractivity contribution in [3.63, 3.8) is 0 Å². The maximum atomic E-state index is 12.5. The third kappa shape index (κ3) is 5.52. The molecule has 0 aliphatic carbocycles. The van der Waals surface area contributed by atoms with Gasteiger partial charge in [-0.2, -0.15) is 13.2 Å². The largest absolute Gasteiger partial charge is 0.389 e. The van der Waals surface area contributed by atoms with E-state index in [1.807, 2.05) is 6.07 Å². The van der Waals surface area contributed by atoms with Crippen LogP contribution in [0.4, 0.5) is 13.2 Å². The molecule has 0 saturated carbocycles. The second kappa shape index (κ2) is 8.36. The van der Waals surface area contributed by atoms with Gasteiger partial charge in [0.15, 0.2) is 0 Å². The van der Waals surface area contributed by atoms with E-state index in [2.05, 4.69) is 42.8 Å². The van der Waals surface area contributed by atoms with Gasteiger partial charge < -0.3 is 9.88 Å². The number of nitrogens with one attached hydrogen (secondary N) is 1. The molecule has 29 heavy (non-hydrogen) atoms. The fourth-order valence-electron chi connectivity index (χ4n) is 3.99. The molecule has 7 heteroatoms. The zero-order chi connectivity index (χ0) is 21.2. The number of nitrogens with zero attached hydrogens (tertiary/aromatic N) is 2. The van der Waals surface area contributed by atoms with Gasteiger partial charge >= 0.3 is 6.18 Å². The van der Waals surface area contributed by atoms with Crippen molar-refractivity contribution >= 4 is 16.9 Å². The van der Waals surface area contributed by atoms with Crippen LogP contribution < -0.4 is 5.32 Å². The maximum Gasteiger partial charge on any atom is 0.389 e. The Bertz CT molecular complexity index is 865. The number of amides is 1. The van der Waals surface area contributed by atoms with Gasteiger partial charge in [0.05, 0.1) is 11.0 Å². The third-order valence-electron chi connectivity index (χ3n) is 5.52. The summed E-state index contributed by atoms with van der Waals surface area (Å²) < 4.78 is 39.4. The molecule has 0 spiro atoms. The highest BCUT2D eigenvalue weighted by Gasteiger charge is 2.27. The molecule has 160 valence electrons. The van der Waals surface area contributed by atoms with E-state index < -0.39 is 12.6 Å². The fraction of sp³-hybridized carbons (Fsp3) is 0.636. The Labute approximate surface area is 169 Å². The number of carbonyl (C=O) groups excluding carboxylic acids is 1. The first kappa shape index (κ1) is 21.7. The lowest BCUT2D eigenvalue weighted by Crippen LogP contribution is -2.19. The lowest BCUT2D eigenvalue weighted by Gasteiger charge is -2.20. The van der Waals surface area contributed by atoms with Crippen LogP contribution in [0, 0.1) is 5.92 Å². The highest BCUT2D eigenvalue weighted by Crippen LogP contribution is 2.29. The standard InChI is InChI=1S/C22H30F3N3O/c1-21(2,3)20-27-17-14-15(6-8-16-10-12-26-19(16)29)7-9-18(17)28(20)13-5-4-11-22(23,24)25/h7,9,14,16H,4-6,8,10-13H2,1-3H3,(H,26,29). The van der Waals surface area contributed by atoms with Crippen molar-refractivity contribution in [3.8, 4) is 0 Å². The SMILES string of the molecule is CC(C)(C)c1nc2cc(CCC3CCNC3=O)ccc2n1CCCCC(F)(F)F. The summed E-state index contributed by atoms with van der Waals surface area (Å²) >= 11 is 0. The van der Waals surface area contributed by atoms with Crippen LogP contribution in [0.3, 0.4) is 0 Å². The number of fused-ring (bicyclic) bond motifs is 1. The number of unbranched alkanes of at least 4 members (excludes halogenated alkanes) is 1. The predicted octanol–water partition coefficient (Wildman–Crippen LogP) is 5.14. The number of carbonyl (C=O) groups is 1. The quantitative estimate of drug-likeness (QED) is 0.644. The minimum Gasteiger partial charge on any atom is -0.356 e. The van der Waals surface area contributed by atoms with Gasteiger partial charge in [-0.3, -0.25) is 4.79 Å². The van der Waals surface area contributed by atoms with Gasteiger partial charge in [0.25, 0.3) is 0 Å². The van der Waals surface area contributed by atoms with Crippen molar-refractivity contribution < 1.29 is 18.0 Å². The van der Waals surface area contributed by atoms with E-state index in [9.17, 15) is 18.0 Å². The topological polar surface area (TPSA) is 46.9 Å². The number of rotatable bonds is 7. The Balaban J connectivity index is 1.76. The Kier molecular flexibility index (Phi) is 6.24. The van der Waals surface area contributed by atoms with Gasteiger partial charge in [0, 0.05) is 30.8 Å². The van der Waals surface area contributed by atoms with Crippen molar-refractivity contribution in [1.82, 2.24) is 14.9 Å². The molecule has 0 radical (unpaired) electrons. The summed E-state index contributed by atoms with van der Waals surface area (Å²) in [6, 6.07) is 6.13. The molecule has 1 unspecified atom stereocenters. The normalized spacial score (nSPS) is 17.9. The van der Waals surface area contributed by atoms with E-state index in [0.717, 1.165) is 48.2 Å². The Morgan fingerprint density at radius 3 is 2.59 bits per heavy atom. The number of aromatic nitrogens is 2. The summed E-state index contributed by atoms with van der Waals surface area (Å²) in [4.78, 5) is 16.6. The molecule has 1 amide bonds. The van der Waals surface area contributed by atoms with Crippen LogP contribution in [-0.2, 0) is 23.2 Å². The molecule has 3 rings (SSSR count). The summed E-state index contributed by atoms with van der Waals surface area (Å²) in [6.07, 6.45) is -1.74. The third-order valence-corrected chi connectivity index (χ3v) is 5.52. The van der Waals surface area contributed by atoms with E-state index in [1.165, 1.54) is 0 Å². The Hall–Kier alpha value is -2.05. The van der Waals surface area contributed by atoms with Crippen molar-refractivity contribution in [2.75, 3.05) is 6.54 Å². The molecule has 2 aromatic rings. The molecule has 1 aromatic heterocycles. The van der Waals surface area contributed by atoms with Crippen LogP contribution in [0.15, 0.2) is 18.2 Å². The number of imidazole rings is 1. The second-order valence-electron chi connectivity index (χ2n) is 9.05. The number of hydrogen-bond donors (Lipinski definition) is 1. The van der Waals surface area contributed by atoms with Crippen LogP contribution in [0.1, 0.15) is 64.3 Å². The summed E-state index contributed by atoms with van der Waals surface area (Å²) in [5.74, 6) is 1.12. The van der Waals surface area contributed by atoms with Gasteiger partial charge in [-0.1, -0.05) is 26.8 Å². The van der Waals surface area contributed by atoms with E-state index >= 15 is 0 Å². The van der Waals surface area contributed by atoms with E-state index in [-0.39, 0.29) is 23.7 Å². The lowest BCUT2D eigenvalue weighted by atomic mass is 9.95. The van der Waals surface area contributed by atoms with Crippen molar-refractivity contribution in [1.29, 1.82) is 0 Å². The van der Waals surface area contributed by atoms with Crippen molar-refractivity contribution in [2.24, 2.45) is 5.92 Å².